The van der Waals surface area contributed by atoms with Crippen LogP contribution in [0, 0.1) is 11.8 Å². The zero-order chi connectivity index (χ0) is 12.2. The molecule has 0 radical (unpaired) electrons. The minimum absolute atomic E-state index is 1.18. The number of nitrogens with one attached hydrogen (secondary N) is 1. The van der Waals surface area contributed by atoms with Crippen LogP contribution in [0.25, 0.3) is 0 Å². The molecule has 0 aromatic rings. The Bertz CT molecular complexity index is 238. The standard InChI is InChI=1S/C13H23N.CN/c1-3-5-6-7-8-10-14-11-9-13(4-2)12-14;1-2/h9,11-12H,3-8,10H2,1-2H3;/q;-1/p+1. The fraction of sp³-hybridized carbons (Fsp3) is 0.643. The molecule has 90 valence electrons. The molecule has 0 spiro atoms. The molecule has 1 atom stereocenters. The summed E-state index contributed by atoms with van der Waals surface area (Å²) in [5, 5.41) is 6.25. The van der Waals surface area contributed by atoms with Gasteiger partial charge in [0.1, 0.15) is 6.20 Å². The Balaban J connectivity index is 0.00000106. The van der Waals surface area contributed by atoms with Gasteiger partial charge in [0.2, 0.25) is 0 Å². The summed E-state index contributed by atoms with van der Waals surface area (Å²) in [6, 6.07) is 0. The summed E-state index contributed by atoms with van der Waals surface area (Å²) in [7, 11) is 0. The van der Waals surface area contributed by atoms with Gasteiger partial charge in [-0.2, -0.15) is 0 Å². The molecule has 2 nitrogen and oxygen atoms in total. The molecule has 2 heteroatoms. The Morgan fingerprint density at radius 2 is 1.81 bits per heavy atom. The molecule has 0 amide bonds. The van der Waals surface area contributed by atoms with Crippen molar-refractivity contribution in [1.82, 2.24) is 0 Å². The van der Waals surface area contributed by atoms with Crippen LogP contribution in [0.1, 0.15) is 52.4 Å². The van der Waals surface area contributed by atoms with Crippen LogP contribution < -0.4 is 4.90 Å². The first-order valence-electron chi connectivity index (χ1n) is 6.33. The van der Waals surface area contributed by atoms with E-state index in [2.05, 4.69) is 32.3 Å². The van der Waals surface area contributed by atoms with E-state index in [9.17, 15) is 0 Å². The molecule has 1 N–H and O–H groups in total. The second kappa shape index (κ2) is 10.4. The summed E-state index contributed by atoms with van der Waals surface area (Å²) in [4.78, 5) is 1.54. The Morgan fingerprint density at radius 1 is 1.12 bits per heavy atom. The van der Waals surface area contributed by atoms with Crippen LogP contribution in [-0.4, -0.2) is 6.54 Å². The molecule has 1 aliphatic rings. The fourth-order valence-electron chi connectivity index (χ4n) is 1.86. The van der Waals surface area contributed by atoms with Gasteiger partial charge in [-0.05, 0) is 19.3 Å². The maximum atomic E-state index is 6.25. The van der Waals surface area contributed by atoms with Crippen molar-refractivity contribution in [2.75, 3.05) is 6.54 Å². The average Bonchev–Trinajstić information content (AvgIpc) is 2.79. The number of unbranched alkanes of at least 4 members (excludes halogenated alkanes) is 4. The molecule has 1 unspecified atom stereocenters. The van der Waals surface area contributed by atoms with E-state index in [1.54, 1.807) is 4.90 Å². The minimum atomic E-state index is 1.18. The van der Waals surface area contributed by atoms with Crippen LogP contribution in [-0.2, 0) is 0 Å². The summed E-state index contributed by atoms with van der Waals surface area (Å²) < 4.78 is 0. The highest BCUT2D eigenvalue weighted by Crippen LogP contribution is 2.03. The van der Waals surface area contributed by atoms with Crippen LogP contribution in [0.2, 0.25) is 0 Å². The van der Waals surface area contributed by atoms with E-state index < -0.39 is 0 Å². The SMILES string of the molecule is CCCCCCC[NH+]1C=CC(CC)=C1.[C-]#N. The molecular formula is C14H24N2. The summed E-state index contributed by atoms with van der Waals surface area (Å²) in [6.45, 7) is 10.5. The Kier molecular flexibility index (Phi) is 9.75. The maximum Gasteiger partial charge on any atom is 0.102 e. The van der Waals surface area contributed by atoms with Crippen molar-refractivity contribution in [2.45, 2.75) is 52.4 Å². The normalized spacial score (nSPS) is 17.8. The first-order valence-corrected chi connectivity index (χ1v) is 6.33. The van der Waals surface area contributed by atoms with Gasteiger partial charge in [-0.1, -0.05) is 33.1 Å². The van der Waals surface area contributed by atoms with Crippen molar-refractivity contribution in [3.63, 3.8) is 0 Å². The Labute approximate surface area is 100 Å². The number of hydrogen-bond donors (Lipinski definition) is 1. The van der Waals surface area contributed by atoms with Gasteiger partial charge in [0.15, 0.2) is 0 Å². The lowest BCUT2D eigenvalue weighted by atomic mass is 10.1. The van der Waals surface area contributed by atoms with E-state index in [0.29, 0.717) is 0 Å². The van der Waals surface area contributed by atoms with Crippen molar-refractivity contribution in [3.8, 4) is 0 Å². The van der Waals surface area contributed by atoms with E-state index in [0.717, 1.165) is 0 Å². The van der Waals surface area contributed by atoms with E-state index >= 15 is 0 Å². The molecule has 0 bridgehead atoms. The number of hydrogen-bond acceptors (Lipinski definition) is 1. The molecular weight excluding hydrogens is 196 g/mol. The first-order chi connectivity index (χ1) is 7.86. The van der Waals surface area contributed by atoms with E-state index in [1.807, 2.05) is 0 Å². The highest BCUT2D eigenvalue weighted by molar-refractivity contribution is 5.17. The van der Waals surface area contributed by atoms with E-state index in [-0.39, 0.29) is 0 Å². The lowest BCUT2D eigenvalue weighted by Crippen LogP contribution is -3.01. The Hall–Kier alpha value is -1.07. The summed E-state index contributed by atoms with van der Waals surface area (Å²) in [6.07, 6.45) is 15.0. The van der Waals surface area contributed by atoms with Crippen molar-refractivity contribution in [3.05, 3.63) is 30.6 Å². The van der Waals surface area contributed by atoms with Gasteiger partial charge < -0.3 is 11.8 Å². The second-order valence-corrected chi connectivity index (χ2v) is 4.15. The first kappa shape index (κ1) is 14.9. The summed E-state index contributed by atoms with van der Waals surface area (Å²) in [5.41, 5.74) is 1.49. The molecule has 0 saturated heterocycles. The lowest BCUT2D eigenvalue weighted by molar-refractivity contribution is -0.788. The number of nitrogens with zero attached hydrogens (tertiary/aromatic N) is 1. The second-order valence-electron chi connectivity index (χ2n) is 4.15. The van der Waals surface area contributed by atoms with Gasteiger partial charge in [-0.25, -0.2) is 0 Å². The van der Waals surface area contributed by atoms with Gasteiger partial charge in [0.25, 0.3) is 0 Å². The smallest absolute Gasteiger partial charge is 0.102 e. The number of quaternary nitrogens is 1. The Morgan fingerprint density at radius 3 is 2.38 bits per heavy atom. The summed E-state index contributed by atoms with van der Waals surface area (Å²) in [5.74, 6) is 0. The molecule has 0 aliphatic carbocycles. The molecule has 1 rings (SSSR count). The molecule has 1 heterocycles. The van der Waals surface area contributed by atoms with E-state index in [1.165, 1.54) is 50.6 Å². The topological polar surface area (TPSA) is 28.2 Å². The third-order valence-electron chi connectivity index (χ3n) is 2.86. The minimum Gasteiger partial charge on any atom is -0.512 e. The highest BCUT2D eigenvalue weighted by Gasteiger charge is 2.08. The predicted molar refractivity (Wildman–Crippen MR) is 67.1 cm³/mol. The lowest BCUT2D eigenvalue weighted by Gasteiger charge is -2.06. The van der Waals surface area contributed by atoms with Crippen molar-refractivity contribution in [2.24, 2.45) is 0 Å². The predicted octanol–water partition coefficient (Wildman–Crippen LogP) is 2.76. The molecule has 16 heavy (non-hydrogen) atoms. The van der Waals surface area contributed by atoms with Crippen molar-refractivity contribution in [1.29, 1.82) is 5.26 Å². The van der Waals surface area contributed by atoms with Crippen LogP contribution in [0.4, 0.5) is 0 Å². The van der Waals surface area contributed by atoms with Gasteiger partial charge >= 0.3 is 0 Å². The zero-order valence-corrected chi connectivity index (χ0v) is 10.6. The largest absolute Gasteiger partial charge is 0.512 e. The zero-order valence-electron chi connectivity index (χ0n) is 10.6. The van der Waals surface area contributed by atoms with Crippen molar-refractivity contribution >= 4 is 0 Å². The number of rotatable bonds is 7. The average molecular weight is 220 g/mol. The van der Waals surface area contributed by atoms with Crippen LogP contribution in [0.3, 0.4) is 0 Å². The van der Waals surface area contributed by atoms with Gasteiger partial charge in [0.05, 0.1) is 12.7 Å². The molecule has 0 saturated carbocycles. The molecule has 1 aliphatic heterocycles. The maximum absolute atomic E-state index is 6.25. The molecule has 0 aromatic heterocycles. The van der Waals surface area contributed by atoms with Crippen LogP contribution in [0.15, 0.2) is 24.0 Å². The van der Waals surface area contributed by atoms with Gasteiger partial charge in [-0.3, -0.25) is 4.90 Å². The quantitative estimate of drug-likeness (QED) is 0.518. The van der Waals surface area contributed by atoms with Gasteiger partial charge in [-0.15, -0.1) is 0 Å². The van der Waals surface area contributed by atoms with Crippen LogP contribution in [0.5, 0.6) is 0 Å². The highest BCUT2D eigenvalue weighted by atomic mass is 15.1. The van der Waals surface area contributed by atoms with E-state index in [4.69, 9.17) is 11.8 Å². The van der Waals surface area contributed by atoms with Crippen LogP contribution >= 0.6 is 0 Å². The fourth-order valence-corrected chi connectivity index (χ4v) is 1.86. The summed E-state index contributed by atoms with van der Waals surface area (Å²) >= 11 is 0. The molecule has 0 aromatic carbocycles. The third-order valence-corrected chi connectivity index (χ3v) is 2.86. The third kappa shape index (κ3) is 6.42. The van der Waals surface area contributed by atoms with Crippen molar-refractivity contribution < 1.29 is 4.90 Å². The number of allylic oxidation sites excluding steroid dienone is 2. The molecule has 0 fully saturated rings. The van der Waals surface area contributed by atoms with Gasteiger partial charge in [0, 0.05) is 11.6 Å². The monoisotopic (exact) mass is 220 g/mol.